The fourth-order valence-electron chi connectivity index (χ4n) is 2.35. The lowest BCUT2D eigenvalue weighted by Crippen LogP contribution is -2.41. The molecule has 1 N–H and O–H groups in total. The summed E-state index contributed by atoms with van der Waals surface area (Å²) >= 11 is 1.38. The lowest BCUT2D eigenvalue weighted by molar-refractivity contribution is 0.0930. The minimum Gasteiger partial charge on any atom is -0.347 e. The number of rotatable bonds is 2. The zero-order chi connectivity index (χ0) is 13.4. The molecule has 1 atom stereocenters. The quantitative estimate of drug-likeness (QED) is 0.892. The topological polar surface area (TPSA) is 72.7 Å². The van der Waals surface area contributed by atoms with Gasteiger partial charge in [0.15, 0.2) is 0 Å². The summed E-state index contributed by atoms with van der Waals surface area (Å²) < 4.78 is 2.08. The maximum atomic E-state index is 12.1. The number of amides is 1. The SMILES string of the molecule is Cc1ncsc1C(=O)N[C@@H]1CCc2nnc(C)n2C1. The number of carbonyl (C=O) groups is 1. The molecule has 7 heteroatoms. The smallest absolute Gasteiger partial charge is 0.263 e. The summed E-state index contributed by atoms with van der Waals surface area (Å²) in [4.78, 5) is 17.0. The van der Waals surface area contributed by atoms with Gasteiger partial charge in [0.1, 0.15) is 16.5 Å². The fraction of sp³-hybridized carbons (Fsp3) is 0.500. The Kier molecular flexibility index (Phi) is 3.06. The van der Waals surface area contributed by atoms with E-state index in [0.29, 0.717) is 4.88 Å². The van der Waals surface area contributed by atoms with Crippen LogP contribution < -0.4 is 5.32 Å². The van der Waals surface area contributed by atoms with Crippen LogP contribution in [-0.2, 0) is 13.0 Å². The fourth-order valence-corrected chi connectivity index (χ4v) is 3.06. The Hall–Kier alpha value is -1.76. The average molecular weight is 277 g/mol. The van der Waals surface area contributed by atoms with E-state index in [0.717, 1.165) is 36.7 Å². The number of nitrogens with zero attached hydrogens (tertiary/aromatic N) is 4. The largest absolute Gasteiger partial charge is 0.347 e. The standard InChI is InChI=1S/C12H15N5OS/c1-7-11(19-6-13-7)12(18)14-9-3-4-10-16-15-8(2)17(10)5-9/h6,9H,3-5H2,1-2H3,(H,14,18)/t9-/m1/s1. The van der Waals surface area contributed by atoms with Crippen LogP contribution in [0.5, 0.6) is 0 Å². The van der Waals surface area contributed by atoms with Crippen molar-refractivity contribution in [1.29, 1.82) is 0 Å². The van der Waals surface area contributed by atoms with Gasteiger partial charge in [0.05, 0.1) is 11.2 Å². The van der Waals surface area contributed by atoms with Gasteiger partial charge in [0, 0.05) is 19.0 Å². The van der Waals surface area contributed by atoms with Crippen LogP contribution in [0.3, 0.4) is 0 Å². The highest BCUT2D eigenvalue weighted by atomic mass is 32.1. The summed E-state index contributed by atoms with van der Waals surface area (Å²) in [7, 11) is 0. The number of carbonyl (C=O) groups excluding carboxylic acids is 1. The first-order chi connectivity index (χ1) is 9.15. The maximum absolute atomic E-state index is 12.1. The summed E-state index contributed by atoms with van der Waals surface area (Å²) in [6, 6.07) is 0.135. The van der Waals surface area contributed by atoms with Crippen LogP contribution >= 0.6 is 11.3 Å². The lowest BCUT2D eigenvalue weighted by Gasteiger charge is -2.24. The van der Waals surface area contributed by atoms with Crippen LogP contribution in [0.15, 0.2) is 5.51 Å². The third-order valence-electron chi connectivity index (χ3n) is 3.42. The first-order valence-corrected chi connectivity index (χ1v) is 7.12. The number of hydrogen-bond acceptors (Lipinski definition) is 5. The van der Waals surface area contributed by atoms with E-state index in [2.05, 4.69) is 25.1 Å². The number of aromatic nitrogens is 4. The molecule has 1 aliphatic heterocycles. The molecule has 100 valence electrons. The molecule has 0 radical (unpaired) electrons. The predicted octanol–water partition coefficient (Wildman–Crippen LogP) is 1.10. The molecule has 0 fully saturated rings. The number of thiazole rings is 1. The van der Waals surface area contributed by atoms with Crippen molar-refractivity contribution in [2.45, 2.75) is 39.3 Å². The van der Waals surface area contributed by atoms with Gasteiger partial charge in [-0.1, -0.05) is 0 Å². The van der Waals surface area contributed by atoms with Gasteiger partial charge in [-0.2, -0.15) is 0 Å². The van der Waals surface area contributed by atoms with E-state index in [4.69, 9.17) is 0 Å². The molecule has 0 spiro atoms. The van der Waals surface area contributed by atoms with Crippen LogP contribution in [-0.4, -0.2) is 31.7 Å². The molecule has 0 aliphatic carbocycles. The molecule has 3 rings (SSSR count). The second-order valence-electron chi connectivity index (χ2n) is 4.75. The van der Waals surface area contributed by atoms with Gasteiger partial charge >= 0.3 is 0 Å². The highest BCUT2D eigenvalue weighted by molar-refractivity contribution is 7.11. The number of aryl methyl sites for hydroxylation is 3. The van der Waals surface area contributed by atoms with Crippen molar-refractivity contribution in [2.24, 2.45) is 0 Å². The molecule has 0 saturated carbocycles. The van der Waals surface area contributed by atoms with Crippen molar-refractivity contribution in [3.05, 3.63) is 27.7 Å². The molecule has 0 saturated heterocycles. The monoisotopic (exact) mass is 277 g/mol. The highest BCUT2D eigenvalue weighted by Gasteiger charge is 2.24. The Morgan fingerprint density at radius 2 is 2.32 bits per heavy atom. The van der Waals surface area contributed by atoms with Crippen molar-refractivity contribution in [2.75, 3.05) is 0 Å². The summed E-state index contributed by atoms with van der Waals surface area (Å²) in [5.41, 5.74) is 2.49. The molecular weight excluding hydrogens is 262 g/mol. The van der Waals surface area contributed by atoms with Gasteiger partial charge in [-0.15, -0.1) is 21.5 Å². The number of fused-ring (bicyclic) bond motifs is 1. The second-order valence-corrected chi connectivity index (χ2v) is 5.60. The van der Waals surface area contributed by atoms with Crippen molar-refractivity contribution in [1.82, 2.24) is 25.1 Å². The molecule has 6 nitrogen and oxygen atoms in total. The van der Waals surface area contributed by atoms with E-state index >= 15 is 0 Å². The average Bonchev–Trinajstić information content (AvgIpc) is 2.97. The Morgan fingerprint density at radius 1 is 1.47 bits per heavy atom. The Bertz CT molecular complexity index is 617. The first-order valence-electron chi connectivity index (χ1n) is 6.25. The van der Waals surface area contributed by atoms with E-state index in [1.807, 2.05) is 13.8 Å². The van der Waals surface area contributed by atoms with Gasteiger partial charge in [0.2, 0.25) is 0 Å². The van der Waals surface area contributed by atoms with Gasteiger partial charge < -0.3 is 9.88 Å². The summed E-state index contributed by atoms with van der Waals surface area (Å²) in [5.74, 6) is 1.89. The van der Waals surface area contributed by atoms with Gasteiger partial charge in [-0.25, -0.2) is 4.98 Å². The first kappa shape index (κ1) is 12.3. The van der Waals surface area contributed by atoms with Crippen LogP contribution in [0, 0.1) is 13.8 Å². The number of hydrogen-bond donors (Lipinski definition) is 1. The summed E-state index contributed by atoms with van der Waals surface area (Å²) in [6.45, 7) is 4.54. The zero-order valence-electron chi connectivity index (χ0n) is 10.9. The molecular formula is C12H15N5OS. The van der Waals surface area contributed by atoms with Crippen molar-refractivity contribution >= 4 is 17.2 Å². The van der Waals surface area contributed by atoms with Crippen LogP contribution in [0.4, 0.5) is 0 Å². The lowest BCUT2D eigenvalue weighted by atomic mass is 10.1. The summed E-state index contributed by atoms with van der Waals surface area (Å²) in [5, 5.41) is 11.3. The summed E-state index contributed by atoms with van der Waals surface area (Å²) in [6.07, 6.45) is 1.76. The van der Waals surface area contributed by atoms with Gasteiger partial charge in [0.25, 0.3) is 5.91 Å². The minimum atomic E-state index is -0.0285. The van der Waals surface area contributed by atoms with Crippen LogP contribution in [0.2, 0.25) is 0 Å². The van der Waals surface area contributed by atoms with Crippen LogP contribution in [0.25, 0.3) is 0 Å². The molecule has 1 amide bonds. The Balaban J connectivity index is 1.71. The molecule has 2 aromatic rings. The Labute approximate surface area is 114 Å². The molecule has 1 aliphatic rings. The van der Waals surface area contributed by atoms with Crippen molar-refractivity contribution in [3.63, 3.8) is 0 Å². The van der Waals surface area contributed by atoms with Crippen molar-refractivity contribution < 1.29 is 4.79 Å². The highest BCUT2D eigenvalue weighted by Crippen LogP contribution is 2.17. The predicted molar refractivity (Wildman–Crippen MR) is 71.2 cm³/mol. The molecule has 0 aromatic carbocycles. The minimum absolute atomic E-state index is 0.0285. The van der Waals surface area contributed by atoms with Crippen molar-refractivity contribution in [3.8, 4) is 0 Å². The normalized spacial score (nSPS) is 18.1. The molecule has 3 heterocycles. The molecule has 2 aromatic heterocycles. The third kappa shape index (κ3) is 2.25. The van der Waals surface area contributed by atoms with E-state index in [-0.39, 0.29) is 11.9 Å². The van der Waals surface area contributed by atoms with E-state index < -0.39 is 0 Å². The maximum Gasteiger partial charge on any atom is 0.263 e. The third-order valence-corrected chi connectivity index (χ3v) is 4.35. The van der Waals surface area contributed by atoms with E-state index in [1.54, 1.807) is 5.51 Å². The Morgan fingerprint density at radius 3 is 3.05 bits per heavy atom. The number of nitrogens with one attached hydrogen (secondary N) is 1. The molecule has 0 unspecified atom stereocenters. The molecule has 0 bridgehead atoms. The van der Waals surface area contributed by atoms with E-state index in [1.165, 1.54) is 11.3 Å². The zero-order valence-corrected chi connectivity index (χ0v) is 11.7. The second kappa shape index (κ2) is 4.73. The molecule has 19 heavy (non-hydrogen) atoms. The van der Waals surface area contributed by atoms with Gasteiger partial charge in [-0.3, -0.25) is 4.79 Å². The van der Waals surface area contributed by atoms with Gasteiger partial charge in [-0.05, 0) is 20.3 Å². The van der Waals surface area contributed by atoms with E-state index in [9.17, 15) is 4.79 Å². The van der Waals surface area contributed by atoms with Crippen LogP contribution in [0.1, 0.15) is 33.4 Å².